The quantitative estimate of drug-likeness (QED) is 0.431. The van der Waals surface area contributed by atoms with Crippen molar-refractivity contribution in [2.24, 2.45) is 0 Å². The number of nitrogens with one attached hydrogen (secondary N) is 2. The fraction of sp³-hybridized carbons (Fsp3) is 0.0556. The van der Waals surface area contributed by atoms with Crippen LogP contribution in [0, 0.1) is 0 Å². The van der Waals surface area contributed by atoms with Crippen LogP contribution >= 0.6 is 0 Å². The van der Waals surface area contributed by atoms with E-state index in [4.69, 9.17) is 10.5 Å². The molecule has 0 aliphatic heterocycles. The summed E-state index contributed by atoms with van der Waals surface area (Å²) in [5.74, 6) is -0.216. The average Bonchev–Trinajstić information content (AvgIpc) is 2.74. The Balaban J connectivity index is 1.69. The van der Waals surface area contributed by atoms with Crippen molar-refractivity contribution in [3.05, 3.63) is 66.2 Å². The van der Waals surface area contributed by atoms with Crippen LogP contribution in [0.5, 0.6) is 11.6 Å². The van der Waals surface area contributed by atoms with Crippen LogP contribution in [0.2, 0.25) is 0 Å². The molecular formula is C18H16N6O4. The van der Waals surface area contributed by atoms with Crippen LogP contribution in [0.3, 0.4) is 0 Å². The highest BCUT2D eigenvalue weighted by atomic mass is 16.5. The Hall–Kier alpha value is -4.21. The van der Waals surface area contributed by atoms with Crippen LogP contribution in [0.4, 0.5) is 11.5 Å². The zero-order valence-electron chi connectivity index (χ0n) is 14.7. The predicted octanol–water partition coefficient (Wildman–Crippen LogP) is 1.79. The maximum absolute atomic E-state index is 12.1. The number of anilines is 2. The van der Waals surface area contributed by atoms with Crippen LogP contribution in [0.15, 0.2) is 55.1 Å². The van der Waals surface area contributed by atoms with Gasteiger partial charge in [0.2, 0.25) is 5.88 Å². The molecule has 0 aliphatic carbocycles. The third-order valence-electron chi connectivity index (χ3n) is 3.56. The fourth-order valence-electron chi connectivity index (χ4n) is 2.13. The highest BCUT2D eigenvalue weighted by molar-refractivity contribution is 5.94. The van der Waals surface area contributed by atoms with Crippen molar-refractivity contribution in [3.8, 4) is 11.6 Å². The Morgan fingerprint density at radius 1 is 1.07 bits per heavy atom. The van der Waals surface area contributed by atoms with E-state index in [2.05, 4.69) is 30.5 Å². The minimum absolute atomic E-state index is 0.0824. The summed E-state index contributed by atoms with van der Waals surface area (Å²) in [5.41, 5.74) is 11.9. The number of pyridine rings is 1. The normalized spacial score (nSPS) is 10.0. The SMILES string of the molecule is COC(=O)c1ccc(Oc2ncnc(NNC(=O)c3cccnc3)c2N)cc1. The number of amides is 1. The van der Waals surface area contributed by atoms with E-state index in [9.17, 15) is 9.59 Å². The van der Waals surface area contributed by atoms with E-state index in [1.807, 2.05) is 0 Å². The Labute approximate surface area is 159 Å². The number of hydrogen-bond acceptors (Lipinski definition) is 9. The van der Waals surface area contributed by atoms with Gasteiger partial charge in [-0.3, -0.25) is 20.6 Å². The summed E-state index contributed by atoms with van der Waals surface area (Å²) in [5, 5.41) is 0. The number of ether oxygens (including phenoxy) is 2. The topological polar surface area (TPSA) is 141 Å². The van der Waals surface area contributed by atoms with E-state index in [-0.39, 0.29) is 17.4 Å². The minimum Gasteiger partial charge on any atom is -0.465 e. The van der Waals surface area contributed by atoms with Gasteiger partial charge in [-0.2, -0.15) is 4.98 Å². The summed E-state index contributed by atoms with van der Waals surface area (Å²) in [6.45, 7) is 0. The van der Waals surface area contributed by atoms with E-state index in [1.165, 1.54) is 19.6 Å². The van der Waals surface area contributed by atoms with Crippen molar-refractivity contribution in [2.75, 3.05) is 18.3 Å². The lowest BCUT2D eigenvalue weighted by molar-refractivity contribution is 0.0600. The smallest absolute Gasteiger partial charge is 0.337 e. The Kier molecular flexibility index (Phi) is 5.60. The molecular weight excluding hydrogens is 364 g/mol. The molecule has 0 fully saturated rings. The molecule has 3 aromatic rings. The number of carbonyl (C=O) groups is 2. The molecule has 142 valence electrons. The largest absolute Gasteiger partial charge is 0.465 e. The molecule has 28 heavy (non-hydrogen) atoms. The lowest BCUT2D eigenvalue weighted by atomic mass is 10.2. The summed E-state index contributed by atoms with van der Waals surface area (Å²) in [7, 11) is 1.30. The first-order valence-electron chi connectivity index (χ1n) is 8.01. The number of esters is 1. The molecule has 0 saturated carbocycles. The summed E-state index contributed by atoms with van der Waals surface area (Å²) >= 11 is 0. The number of nitrogens with two attached hydrogens (primary N) is 1. The van der Waals surface area contributed by atoms with E-state index in [0.717, 1.165) is 0 Å². The van der Waals surface area contributed by atoms with Gasteiger partial charge in [0.05, 0.1) is 18.2 Å². The van der Waals surface area contributed by atoms with Gasteiger partial charge >= 0.3 is 5.97 Å². The van der Waals surface area contributed by atoms with E-state index >= 15 is 0 Å². The molecule has 1 amide bonds. The van der Waals surface area contributed by atoms with E-state index < -0.39 is 11.9 Å². The lowest BCUT2D eigenvalue weighted by Gasteiger charge is -2.12. The molecule has 0 saturated heterocycles. The fourth-order valence-corrected chi connectivity index (χ4v) is 2.13. The van der Waals surface area contributed by atoms with E-state index in [0.29, 0.717) is 16.9 Å². The number of hydrazine groups is 1. The Morgan fingerprint density at radius 2 is 1.86 bits per heavy atom. The second-order valence-electron chi connectivity index (χ2n) is 5.38. The van der Waals surface area contributed by atoms with Crippen molar-refractivity contribution in [1.82, 2.24) is 20.4 Å². The molecule has 0 radical (unpaired) electrons. The second kappa shape index (κ2) is 8.45. The van der Waals surface area contributed by atoms with Crippen molar-refractivity contribution < 1.29 is 19.1 Å². The molecule has 0 atom stereocenters. The van der Waals surface area contributed by atoms with Crippen LogP contribution in [-0.4, -0.2) is 33.9 Å². The third-order valence-corrected chi connectivity index (χ3v) is 3.56. The van der Waals surface area contributed by atoms with Gasteiger partial charge < -0.3 is 15.2 Å². The molecule has 2 aromatic heterocycles. The Morgan fingerprint density at radius 3 is 2.54 bits per heavy atom. The highest BCUT2D eigenvalue weighted by Gasteiger charge is 2.13. The monoisotopic (exact) mass is 380 g/mol. The van der Waals surface area contributed by atoms with Gasteiger partial charge in [0.25, 0.3) is 5.91 Å². The number of nitrogen functional groups attached to an aromatic ring is 1. The average molecular weight is 380 g/mol. The van der Waals surface area contributed by atoms with Crippen LogP contribution < -0.4 is 21.3 Å². The molecule has 1 aromatic carbocycles. The molecule has 4 N–H and O–H groups in total. The second-order valence-corrected chi connectivity index (χ2v) is 5.38. The van der Waals surface area contributed by atoms with Gasteiger partial charge in [-0.25, -0.2) is 9.78 Å². The van der Waals surface area contributed by atoms with Gasteiger partial charge in [-0.1, -0.05) is 0 Å². The minimum atomic E-state index is -0.455. The van der Waals surface area contributed by atoms with Gasteiger partial charge in [0.15, 0.2) is 5.82 Å². The van der Waals surface area contributed by atoms with Gasteiger partial charge in [-0.15, -0.1) is 0 Å². The predicted molar refractivity (Wildman–Crippen MR) is 99.6 cm³/mol. The number of methoxy groups -OCH3 is 1. The standard InChI is InChI=1S/C18H16N6O4/c1-27-18(26)11-4-6-13(7-5-11)28-17-14(19)15(21-10-22-17)23-24-16(25)12-3-2-8-20-9-12/h2-10H,19H2,1H3,(H,24,25)(H,21,22,23). The van der Waals surface area contributed by atoms with Gasteiger partial charge in [0, 0.05) is 12.4 Å². The number of rotatable bonds is 6. The van der Waals surface area contributed by atoms with Crippen LogP contribution in [0.1, 0.15) is 20.7 Å². The molecule has 2 heterocycles. The zero-order chi connectivity index (χ0) is 19.9. The molecule has 0 unspecified atom stereocenters. The first kappa shape index (κ1) is 18.6. The summed E-state index contributed by atoms with van der Waals surface area (Å²) in [6.07, 6.45) is 4.22. The van der Waals surface area contributed by atoms with Crippen LogP contribution in [-0.2, 0) is 4.74 Å². The number of carbonyl (C=O) groups excluding carboxylic acids is 2. The summed E-state index contributed by atoms with van der Waals surface area (Å²) in [6, 6.07) is 9.50. The van der Waals surface area contributed by atoms with Crippen molar-refractivity contribution in [3.63, 3.8) is 0 Å². The van der Waals surface area contributed by atoms with Crippen molar-refractivity contribution in [1.29, 1.82) is 0 Å². The molecule has 0 spiro atoms. The maximum atomic E-state index is 12.1. The summed E-state index contributed by atoms with van der Waals surface area (Å²) < 4.78 is 10.3. The van der Waals surface area contributed by atoms with Gasteiger partial charge in [-0.05, 0) is 36.4 Å². The van der Waals surface area contributed by atoms with E-state index in [1.54, 1.807) is 42.6 Å². The number of benzene rings is 1. The molecule has 10 nitrogen and oxygen atoms in total. The Bertz CT molecular complexity index is 979. The number of nitrogens with zero attached hydrogens (tertiary/aromatic N) is 3. The number of aromatic nitrogens is 3. The molecule has 0 aliphatic rings. The molecule has 3 rings (SSSR count). The summed E-state index contributed by atoms with van der Waals surface area (Å²) in [4.78, 5) is 35.3. The number of hydrogen-bond donors (Lipinski definition) is 3. The zero-order valence-corrected chi connectivity index (χ0v) is 14.7. The van der Waals surface area contributed by atoms with Crippen molar-refractivity contribution in [2.45, 2.75) is 0 Å². The maximum Gasteiger partial charge on any atom is 0.337 e. The van der Waals surface area contributed by atoms with Crippen LogP contribution in [0.25, 0.3) is 0 Å². The lowest BCUT2D eigenvalue weighted by Crippen LogP contribution is -2.30. The first-order chi connectivity index (χ1) is 13.6. The molecule has 0 bridgehead atoms. The third kappa shape index (κ3) is 4.30. The van der Waals surface area contributed by atoms with Crippen molar-refractivity contribution >= 4 is 23.4 Å². The first-order valence-corrected chi connectivity index (χ1v) is 8.01. The molecule has 10 heteroatoms. The highest BCUT2D eigenvalue weighted by Crippen LogP contribution is 2.29. The van der Waals surface area contributed by atoms with Gasteiger partial charge in [0.1, 0.15) is 17.8 Å².